The normalized spacial score (nSPS) is 13.9. The highest BCUT2D eigenvalue weighted by atomic mass is 35.5. The summed E-state index contributed by atoms with van der Waals surface area (Å²) in [7, 11) is -3.45. The first kappa shape index (κ1) is 23.8. The number of nitrogens with one attached hydrogen (secondary N) is 3. The van der Waals surface area contributed by atoms with Crippen LogP contribution in [0, 0.1) is 12.3 Å². The van der Waals surface area contributed by atoms with Crippen molar-refractivity contribution in [2.75, 3.05) is 41.2 Å². The third-order valence-electron chi connectivity index (χ3n) is 5.39. The predicted octanol–water partition coefficient (Wildman–Crippen LogP) is 4.02. The van der Waals surface area contributed by atoms with Gasteiger partial charge in [0.1, 0.15) is 5.02 Å². The second-order valence-corrected chi connectivity index (χ2v) is 10.2. The number of hydrogen-bond donors (Lipinski definition) is 3. The number of anilines is 5. The average Bonchev–Trinajstić information content (AvgIpc) is 2.99. The van der Waals surface area contributed by atoms with Crippen molar-refractivity contribution >= 4 is 50.5 Å². The van der Waals surface area contributed by atoms with Gasteiger partial charge < -0.3 is 10.6 Å². The molecular formula is C24H25ClN6O2S. The van der Waals surface area contributed by atoms with Gasteiger partial charge in [0, 0.05) is 18.8 Å². The molecule has 8 nitrogen and oxygen atoms in total. The SMILES string of the molecule is C#CCN1CCc2ccc(Nc3ncc(Cl)c(Nc4ccccc4NS(C)(=O)=O)n3)cc2CC1. The summed E-state index contributed by atoms with van der Waals surface area (Å²) >= 11 is 6.31. The van der Waals surface area contributed by atoms with Crippen molar-refractivity contribution < 1.29 is 8.42 Å². The molecule has 0 bridgehead atoms. The second-order valence-electron chi connectivity index (χ2n) is 8.02. The maximum atomic E-state index is 11.7. The number of benzene rings is 2. The van der Waals surface area contributed by atoms with Crippen LogP contribution in [-0.2, 0) is 22.9 Å². The quantitative estimate of drug-likeness (QED) is 0.425. The molecule has 1 aromatic heterocycles. The van der Waals surface area contributed by atoms with Crippen molar-refractivity contribution in [2.24, 2.45) is 0 Å². The molecule has 0 spiro atoms. The van der Waals surface area contributed by atoms with Gasteiger partial charge in [-0.2, -0.15) is 4.98 Å². The lowest BCUT2D eigenvalue weighted by atomic mass is 10.0. The minimum Gasteiger partial charge on any atom is -0.337 e. The van der Waals surface area contributed by atoms with Gasteiger partial charge in [-0.25, -0.2) is 13.4 Å². The Balaban J connectivity index is 1.53. The first-order chi connectivity index (χ1) is 16.3. The third-order valence-corrected chi connectivity index (χ3v) is 6.26. The molecule has 3 aromatic rings. The molecule has 2 aromatic carbocycles. The standard InChI is InChI=1S/C24H25ClN6O2S/c1-3-12-31-13-10-17-8-9-19(15-18(17)11-14-31)27-24-26-16-20(25)23(29-24)28-21-6-4-5-7-22(21)30-34(2,32)33/h1,4-9,15-16,30H,10-14H2,2H3,(H2,26,27,28,29). The summed E-state index contributed by atoms with van der Waals surface area (Å²) in [6.45, 7) is 2.54. The minimum absolute atomic E-state index is 0.301. The molecule has 1 aliphatic rings. The van der Waals surface area contributed by atoms with E-state index in [4.69, 9.17) is 18.0 Å². The zero-order valence-electron chi connectivity index (χ0n) is 18.7. The Hall–Kier alpha value is -3.32. The monoisotopic (exact) mass is 496 g/mol. The van der Waals surface area contributed by atoms with Crippen LogP contribution in [0.15, 0.2) is 48.7 Å². The van der Waals surface area contributed by atoms with E-state index in [1.165, 1.54) is 17.3 Å². The molecule has 0 unspecified atom stereocenters. The van der Waals surface area contributed by atoms with Gasteiger partial charge in [-0.05, 0) is 48.2 Å². The number of aromatic nitrogens is 2. The summed E-state index contributed by atoms with van der Waals surface area (Å²) in [4.78, 5) is 11.1. The molecule has 176 valence electrons. The van der Waals surface area contributed by atoms with Crippen LogP contribution in [0.3, 0.4) is 0 Å². The highest BCUT2D eigenvalue weighted by molar-refractivity contribution is 7.92. The van der Waals surface area contributed by atoms with Gasteiger partial charge in [-0.1, -0.05) is 35.7 Å². The summed E-state index contributed by atoms with van der Waals surface area (Å²) in [5.74, 6) is 3.44. The molecule has 10 heteroatoms. The Morgan fingerprint density at radius 3 is 2.56 bits per heavy atom. The first-order valence-corrected chi connectivity index (χ1v) is 13.0. The zero-order chi connectivity index (χ0) is 24.1. The van der Waals surface area contributed by atoms with E-state index < -0.39 is 10.0 Å². The number of terminal acetylenes is 1. The first-order valence-electron chi connectivity index (χ1n) is 10.7. The number of rotatable bonds is 7. The van der Waals surface area contributed by atoms with Crippen LogP contribution in [0.25, 0.3) is 0 Å². The van der Waals surface area contributed by atoms with E-state index in [2.05, 4.69) is 48.3 Å². The average molecular weight is 497 g/mol. The number of para-hydroxylation sites is 2. The van der Waals surface area contributed by atoms with Gasteiger partial charge in [0.2, 0.25) is 16.0 Å². The van der Waals surface area contributed by atoms with Gasteiger partial charge in [-0.3, -0.25) is 9.62 Å². The Morgan fingerprint density at radius 2 is 1.82 bits per heavy atom. The van der Waals surface area contributed by atoms with Crippen LogP contribution >= 0.6 is 11.6 Å². The Kier molecular flexibility index (Phi) is 7.22. The summed E-state index contributed by atoms with van der Waals surface area (Å²) in [6, 6.07) is 13.1. The number of hydrogen-bond acceptors (Lipinski definition) is 7. The lowest BCUT2D eigenvalue weighted by Crippen LogP contribution is -2.26. The smallest absolute Gasteiger partial charge is 0.229 e. The highest BCUT2D eigenvalue weighted by Gasteiger charge is 2.15. The largest absolute Gasteiger partial charge is 0.337 e. The molecule has 0 saturated carbocycles. The molecular weight excluding hydrogens is 472 g/mol. The van der Waals surface area contributed by atoms with Gasteiger partial charge >= 0.3 is 0 Å². The summed E-state index contributed by atoms with van der Waals surface area (Å²) < 4.78 is 25.9. The van der Waals surface area contributed by atoms with Gasteiger partial charge in [0.05, 0.1) is 30.4 Å². The van der Waals surface area contributed by atoms with Crippen molar-refractivity contribution in [1.82, 2.24) is 14.9 Å². The van der Waals surface area contributed by atoms with Gasteiger partial charge in [0.25, 0.3) is 0 Å². The maximum Gasteiger partial charge on any atom is 0.229 e. The lowest BCUT2D eigenvalue weighted by molar-refractivity contribution is 0.323. The molecule has 0 aliphatic carbocycles. The molecule has 0 radical (unpaired) electrons. The van der Waals surface area contributed by atoms with Crippen molar-refractivity contribution in [3.63, 3.8) is 0 Å². The zero-order valence-corrected chi connectivity index (χ0v) is 20.2. The van der Waals surface area contributed by atoms with Gasteiger partial charge in [-0.15, -0.1) is 6.42 Å². The minimum atomic E-state index is -3.45. The van der Waals surface area contributed by atoms with E-state index in [1.54, 1.807) is 24.3 Å². The van der Waals surface area contributed by atoms with Crippen molar-refractivity contribution in [1.29, 1.82) is 0 Å². The van der Waals surface area contributed by atoms with E-state index in [-0.39, 0.29) is 0 Å². The molecule has 0 amide bonds. The van der Waals surface area contributed by atoms with Crippen LogP contribution in [0.5, 0.6) is 0 Å². The third kappa shape index (κ3) is 6.17. The molecule has 0 saturated heterocycles. The fourth-order valence-corrected chi connectivity index (χ4v) is 4.50. The molecule has 4 rings (SSSR count). The van der Waals surface area contributed by atoms with Gasteiger partial charge in [0.15, 0.2) is 5.82 Å². The van der Waals surface area contributed by atoms with Crippen LogP contribution in [0.2, 0.25) is 5.02 Å². The number of nitrogens with zero attached hydrogens (tertiary/aromatic N) is 3. The molecule has 0 atom stereocenters. The molecule has 0 fully saturated rings. The summed E-state index contributed by atoms with van der Waals surface area (Å²) in [5, 5.41) is 6.63. The summed E-state index contributed by atoms with van der Waals surface area (Å²) in [6.07, 6.45) is 9.94. The van der Waals surface area contributed by atoms with Crippen molar-refractivity contribution in [3.05, 3.63) is 64.8 Å². The topological polar surface area (TPSA) is 99.2 Å². The number of halogens is 1. The lowest BCUT2D eigenvalue weighted by Gasteiger charge is -2.15. The maximum absolute atomic E-state index is 11.7. The van der Waals surface area contributed by atoms with E-state index in [0.29, 0.717) is 34.7 Å². The fourth-order valence-electron chi connectivity index (χ4n) is 3.79. The highest BCUT2D eigenvalue weighted by Crippen LogP contribution is 2.30. The molecule has 1 aliphatic heterocycles. The van der Waals surface area contributed by atoms with Crippen molar-refractivity contribution in [2.45, 2.75) is 12.8 Å². The van der Waals surface area contributed by atoms with Crippen molar-refractivity contribution in [3.8, 4) is 12.3 Å². The Morgan fingerprint density at radius 1 is 1.09 bits per heavy atom. The van der Waals surface area contributed by atoms with E-state index in [0.717, 1.165) is 37.9 Å². The van der Waals surface area contributed by atoms with E-state index >= 15 is 0 Å². The Labute approximate surface area is 204 Å². The summed E-state index contributed by atoms with van der Waals surface area (Å²) in [5.41, 5.74) is 4.37. The van der Waals surface area contributed by atoms with Crippen LogP contribution in [0.1, 0.15) is 11.1 Å². The van der Waals surface area contributed by atoms with Crippen LogP contribution < -0.4 is 15.4 Å². The Bertz CT molecular complexity index is 1340. The van der Waals surface area contributed by atoms with Crippen LogP contribution in [-0.4, -0.2) is 49.2 Å². The molecule has 2 heterocycles. The number of fused-ring (bicyclic) bond motifs is 1. The number of sulfonamides is 1. The second kappa shape index (κ2) is 10.3. The molecule has 34 heavy (non-hydrogen) atoms. The van der Waals surface area contributed by atoms with E-state index in [9.17, 15) is 8.42 Å². The van der Waals surface area contributed by atoms with E-state index in [1.807, 2.05) is 6.07 Å². The van der Waals surface area contributed by atoms with Crippen LogP contribution in [0.4, 0.5) is 28.8 Å². The fraction of sp³-hybridized carbons (Fsp3) is 0.250. The predicted molar refractivity (Wildman–Crippen MR) is 138 cm³/mol. The molecule has 3 N–H and O–H groups in total.